The molecule has 0 amide bonds. The molecule has 1 aromatic heterocycles. The Labute approximate surface area is 200 Å². The highest BCUT2D eigenvalue weighted by Crippen LogP contribution is 2.58. The van der Waals surface area contributed by atoms with Gasteiger partial charge in [-0.1, -0.05) is 23.8 Å². The fourth-order valence-corrected chi connectivity index (χ4v) is 6.66. The first-order chi connectivity index (χ1) is 16.6. The molecule has 7 heteroatoms. The Balaban J connectivity index is 1.42. The van der Waals surface area contributed by atoms with E-state index in [1.54, 1.807) is 0 Å². The molecule has 6 rings (SSSR count). The van der Waals surface area contributed by atoms with E-state index in [0.29, 0.717) is 17.4 Å². The molecule has 2 fully saturated rings. The number of aliphatic hydroxyl groups excluding tert-OH is 1. The molecule has 3 unspecified atom stereocenters. The number of aliphatic hydroxyl groups is 1. The van der Waals surface area contributed by atoms with Crippen LogP contribution in [0.4, 0.5) is 13.2 Å². The zero-order chi connectivity index (χ0) is 24.8. The van der Waals surface area contributed by atoms with E-state index in [9.17, 15) is 23.1 Å². The maximum absolute atomic E-state index is 13.5. The van der Waals surface area contributed by atoms with Crippen LogP contribution in [0.5, 0.6) is 0 Å². The van der Waals surface area contributed by atoms with Crippen LogP contribution >= 0.6 is 0 Å². The van der Waals surface area contributed by atoms with Gasteiger partial charge in [-0.3, -0.25) is 9.78 Å². The molecule has 2 saturated heterocycles. The lowest BCUT2D eigenvalue weighted by Crippen LogP contribution is -2.33. The average molecular weight is 479 g/mol. The Morgan fingerprint density at radius 1 is 1.03 bits per heavy atom. The van der Waals surface area contributed by atoms with Crippen molar-refractivity contribution in [3.8, 4) is 0 Å². The third-order valence-corrected chi connectivity index (χ3v) is 7.91. The van der Waals surface area contributed by atoms with Crippen molar-refractivity contribution in [2.24, 2.45) is 11.8 Å². The molecule has 0 saturated carbocycles. The lowest BCUT2D eigenvalue weighted by Gasteiger charge is -2.28. The molecule has 5 atom stereocenters. The molecule has 2 aliphatic heterocycles. The van der Waals surface area contributed by atoms with E-state index in [1.807, 2.05) is 39.0 Å². The number of ketones is 1. The van der Waals surface area contributed by atoms with Crippen molar-refractivity contribution in [3.05, 3.63) is 81.7 Å². The van der Waals surface area contributed by atoms with Crippen LogP contribution in [0.3, 0.4) is 0 Å². The van der Waals surface area contributed by atoms with Gasteiger partial charge in [-0.25, -0.2) is 0 Å². The van der Waals surface area contributed by atoms with Gasteiger partial charge in [-0.2, -0.15) is 13.2 Å². The van der Waals surface area contributed by atoms with Crippen LogP contribution in [0.25, 0.3) is 16.5 Å². The van der Waals surface area contributed by atoms with Crippen molar-refractivity contribution in [1.82, 2.24) is 4.98 Å². The van der Waals surface area contributed by atoms with Gasteiger partial charge in [-0.15, -0.1) is 0 Å². The first-order valence-electron chi connectivity index (χ1n) is 11.7. The SMILES string of the molecule is Cc1cc(C)c(C2=C(O)[C@@H]3C4OC(CC4c4ccnc5cc(C(F)(F)F)ccc45)[C@@H]3C2=O)c(C)c1. The Bertz CT molecular complexity index is 1420. The van der Waals surface area contributed by atoms with Gasteiger partial charge in [0, 0.05) is 17.5 Å². The largest absolute Gasteiger partial charge is 0.511 e. The lowest BCUT2D eigenvalue weighted by atomic mass is 9.72. The van der Waals surface area contributed by atoms with Crippen molar-refractivity contribution in [1.29, 1.82) is 0 Å². The second-order valence-corrected chi connectivity index (χ2v) is 10.1. The maximum Gasteiger partial charge on any atom is 0.416 e. The number of hydrogen-bond donors (Lipinski definition) is 1. The van der Waals surface area contributed by atoms with E-state index in [0.717, 1.165) is 39.9 Å². The standard InChI is InChI=1S/C28H24F3NO3/c1-12-8-13(2)21(14(3)9-12)23-25(33)22-20-11-18(27(35-20)24(22)26(23)34)16-6-7-32-19-10-15(28(29,30)31)4-5-17(16)19/h4-10,18,20,22,24,27,34H,11H2,1-3H3/t18?,20?,22-,24+,27?/m0/s1. The monoisotopic (exact) mass is 479 g/mol. The van der Waals surface area contributed by atoms with E-state index in [2.05, 4.69) is 4.98 Å². The van der Waals surface area contributed by atoms with E-state index in [-0.39, 0.29) is 29.1 Å². The van der Waals surface area contributed by atoms with Crippen LogP contribution in [-0.2, 0) is 15.7 Å². The Hall–Kier alpha value is -3.19. The molecule has 0 spiro atoms. The molecule has 35 heavy (non-hydrogen) atoms. The first-order valence-corrected chi connectivity index (χ1v) is 11.7. The van der Waals surface area contributed by atoms with Crippen LogP contribution in [0, 0.1) is 32.6 Å². The predicted molar refractivity (Wildman–Crippen MR) is 125 cm³/mol. The summed E-state index contributed by atoms with van der Waals surface area (Å²) in [5.41, 5.74) is 4.54. The number of hydrogen-bond acceptors (Lipinski definition) is 4. The number of aryl methyl sites for hydroxylation is 3. The van der Waals surface area contributed by atoms with Crippen LogP contribution in [0.1, 0.15) is 45.7 Å². The minimum Gasteiger partial charge on any atom is -0.511 e. The molecule has 3 aliphatic rings. The summed E-state index contributed by atoms with van der Waals surface area (Å²) in [5, 5.41) is 12.0. The topological polar surface area (TPSA) is 59.4 Å². The molecule has 180 valence electrons. The van der Waals surface area contributed by atoms with Crippen molar-refractivity contribution < 1.29 is 27.8 Å². The normalized spacial score (nSPS) is 27.8. The van der Waals surface area contributed by atoms with Crippen LogP contribution in [0.2, 0.25) is 0 Å². The van der Waals surface area contributed by atoms with Crippen LogP contribution < -0.4 is 0 Å². The van der Waals surface area contributed by atoms with Gasteiger partial charge in [-0.05, 0) is 67.6 Å². The number of aromatic nitrogens is 1. The number of ether oxygens (including phenoxy) is 1. The maximum atomic E-state index is 13.5. The summed E-state index contributed by atoms with van der Waals surface area (Å²) < 4.78 is 45.9. The molecule has 3 aromatic rings. The zero-order valence-corrected chi connectivity index (χ0v) is 19.5. The number of halogens is 3. The molecular weight excluding hydrogens is 455 g/mol. The van der Waals surface area contributed by atoms with Crippen molar-refractivity contribution in [2.45, 2.75) is 51.5 Å². The van der Waals surface area contributed by atoms with Crippen molar-refractivity contribution in [3.63, 3.8) is 0 Å². The summed E-state index contributed by atoms with van der Waals surface area (Å²) in [5.74, 6) is -1.05. The third-order valence-electron chi connectivity index (χ3n) is 7.91. The Kier molecular flexibility index (Phi) is 4.71. The number of Topliss-reactive ketones (excluding diaryl/α,β-unsaturated/α-hetero) is 1. The van der Waals surface area contributed by atoms with Gasteiger partial charge in [0.2, 0.25) is 0 Å². The number of alkyl halides is 3. The quantitative estimate of drug-likeness (QED) is 0.474. The number of carbonyl (C=O) groups excluding carboxylic acids is 1. The van der Waals surface area contributed by atoms with Gasteiger partial charge >= 0.3 is 6.18 Å². The fraction of sp³-hybridized carbons (Fsp3) is 0.357. The van der Waals surface area contributed by atoms with Gasteiger partial charge < -0.3 is 9.84 Å². The second-order valence-electron chi connectivity index (χ2n) is 10.1. The number of rotatable bonds is 2. The van der Waals surface area contributed by atoms with Gasteiger partial charge in [0.15, 0.2) is 5.78 Å². The Morgan fingerprint density at radius 3 is 2.43 bits per heavy atom. The summed E-state index contributed by atoms with van der Waals surface area (Å²) in [4.78, 5) is 17.7. The number of carbonyl (C=O) groups is 1. The highest BCUT2D eigenvalue weighted by Gasteiger charge is 2.62. The summed E-state index contributed by atoms with van der Waals surface area (Å²) in [7, 11) is 0. The molecule has 0 radical (unpaired) electrons. The van der Waals surface area contributed by atoms with Crippen molar-refractivity contribution >= 4 is 22.3 Å². The minimum atomic E-state index is -4.45. The molecule has 2 bridgehead atoms. The van der Waals surface area contributed by atoms with Gasteiger partial charge in [0.25, 0.3) is 0 Å². The molecule has 4 nitrogen and oxygen atoms in total. The Morgan fingerprint density at radius 2 is 1.74 bits per heavy atom. The number of allylic oxidation sites excluding steroid dienone is 1. The molecule has 2 aromatic carbocycles. The summed E-state index contributed by atoms with van der Waals surface area (Å²) in [6, 6.07) is 9.43. The van der Waals surface area contributed by atoms with Crippen molar-refractivity contribution in [2.75, 3.05) is 0 Å². The zero-order valence-electron chi connectivity index (χ0n) is 19.5. The lowest BCUT2D eigenvalue weighted by molar-refractivity contribution is -0.137. The van der Waals surface area contributed by atoms with E-state index >= 15 is 0 Å². The van der Waals surface area contributed by atoms with E-state index < -0.39 is 29.7 Å². The highest BCUT2D eigenvalue weighted by atomic mass is 19.4. The summed E-state index contributed by atoms with van der Waals surface area (Å²) in [6.07, 6.45) is -3.13. The predicted octanol–water partition coefficient (Wildman–Crippen LogP) is 6.22. The van der Waals surface area contributed by atoms with E-state index in [1.165, 1.54) is 12.3 Å². The van der Waals surface area contributed by atoms with Gasteiger partial charge in [0.05, 0.1) is 40.7 Å². The second kappa shape index (κ2) is 7.40. The number of nitrogens with zero attached hydrogens (tertiary/aromatic N) is 1. The minimum absolute atomic E-state index is 0.0740. The third kappa shape index (κ3) is 3.17. The molecule has 1 aliphatic carbocycles. The van der Waals surface area contributed by atoms with Crippen LogP contribution in [-0.4, -0.2) is 28.1 Å². The van der Waals surface area contributed by atoms with Gasteiger partial charge in [0.1, 0.15) is 5.76 Å². The number of fused-ring (bicyclic) bond motifs is 6. The van der Waals surface area contributed by atoms with Crippen LogP contribution in [0.15, 0.2) is 48.4 Å². The summed E-state index contributed by atoms with van der Waals surface area (Å²) >= 11 is 0. The number of benzene rings is 2. The molecule has 3 heterocycles. The smallest absolute Gasteiger partial charge is 0.416 e. The average Bonchev–Trinajstić information content (AvgIpc) is 3.44. The first kappa shape index (κ1) is 22.3. The van der Waals surface area contributed by atoms with E-state index in [4.69, 9.17) is 4.74 Å². The summed E-state index contributed by atoms with van der Waals surface area (Å²) in [6.45, 7) is 5.89. The molecule has 1 N–H and O–H groups in total. The fourth-order valence-electron chi connectivity index (χ4n) is 6.66. The number of pyridine rings is 1. The molecular formula is C28H24F3NO3. The highest BCUT2D eigenvalue weighted by molar-refractivity contribution is 6.26.